The van der Waals surface area contributed by atoms with Crippen molar-refractivity contribution >= 4 is 0 Å². The van der Waals surface area contributed by atoms with Crippen LogP contribution >= 0.6 is 0 Å². The van der Waals surface area contributed by atoms with Crippen LogP contribution in [0, 0.1) is 12.3 Å². The number of rotatable bonds is 5. The lowest BCUT2D eigenvalue weighted by Gasteiger charge is -2.34. The summed E-state index contributed by atoms with van der Waals surface area (Å²) in [5, 5.41) is 3.49. The van der Waals surface area contributed by atoms with E-state index in [1.54, 1.807) is 0 Å². The molecular formula is C12H22N2O. The molecule has 0 saturated carbocycles. The molecule has 3 heteroatoms. The maximum Gasteiger partial charge on any atom is 0.0742 e. The Morgan fingerprint density at radius 3 is 2.87 bits per heavy atom. The monoisotopic (exact) mass is 210 g/mol. The molecule has 1 saturated heterocycles. The molecule has 0 spiro atoms. The summed E-state index contributed by atoms with van der Waals surface area (Å²) in [5.74, 6) is 2.79. The van der Waals surface area contributed by atoms with Crippen LogP contribution in [0.4, 0.5) is 0 Å². The van der Waals surface area contributed by atoms with E-state index in [1.165, 1.54) is 0 Å². The van der Waals surface area contributed by atoms with E-state index in [0.29, 0.717) is 6.54 Å². The van der Waals surface area contributed by atoms with Gasteiger partial charge in [0.1, 0.15) is 0 Å². The lowest BCUT2D eigenvalue weighted by atomic mass is 9.90. The summed E-state index contributed by atoms with van der Waals surface area (Å²) in [6.07, 6.45) is 8.67. The van der Waals surface area contributed by atoms with Crippen LogP contribution < -0.4 is 11.1 Å². The van der Waals surface area contributed by atoms with Crippen molar-refractivity contribution in [3.05, 3.63) is 0 Å². The van der Waals surface area contributed by atoms with Gasteiger partial charge >= 0.3 is 0 Å². The second-order valence-electron chi connectivity index (χ2n) is 4.28. The Morgan fingerprint density at radius 1 is 1.73 bits per heavy atom. The predicted molar refractivity (Wildman–Crippen MR) is 62.5 cm³/mol. The maximum atomic E-state index is 5.85. The van der Waals surface area contributed by atoms with Crippen molar-refractivity contribution in [1.82, 2.24) is 5.32 Å². The van der Waals surface area contributed by atoms with Crippen LogP contribution in [-0.4, -0.2) is 30.8 Å². The normalized spacial score (nSPS) is 32.5. The topological polar surface area (TPSA) is 47.3 Å². The van der Waals surface area contributed by atoms with Gasteiger partial charge in [-0.25, -0.2) is 0 Å². The first kappa shape index (κ1) is 12.5. The van der Waals surface area contributed by atoms with Gasteiger partial charge in [-0.3, -0.25) is 5.32 Å². The molecular weight excluding hydrogens is 188 g/mol. The minimum atomic E-state index is -0.119. The smallest absolute Gasteiger partial charge is 0.0742 e. The maximum absolute atomic E-state index is 5.85. The predicted octanol–water partition coefficient (Wildman–Crippen LogP) is 0.884. The number of terminal acetylenes is 1. The van der Waals surface area contributed by atoms with Gasteiger partial charge in [0.15, 0.2) is 0 Å². The Kier molecular flexibility index (Phi) is 4.59. The highest BCUT2D eigenvalue weighted by Gasteiger charge is 2.41. The fourth-order valence-corrected chi connectivity index (χ4v) is 2.13. The summed E-state index contributed by atoms with van der Waals surface area (Å²) >= 11 is 0. The van der Waals surface area contributed by atoms with E-state index in [1.807, 2.05) is 0 Å². The number of hydrogen-bond donors (Lipinski definition) is 2. The summed E-state index contributed by atoms with van der Waals surface area (Å²) in [4.78, 5) is 0. The van der Waals surface area contributed by atoms with Gasteiger partial charge in [0, 0.05) is 13.2 Å². The van der Waals surface area contributed by atoms with Crippen molar-refractivity contribution < 1.29 is 4.74 Å². The second-order valence-corrected chi connectivity index (χ2v) is 4.28. The Bertz CT molecular complexity index is 236. The molecule has 3 N–H and O–H groups in total. The number of nitrogens with one attached hydrogen (secondary N) is 1. The van der Waals surface area contributed by atoms with E-state index in [2.05, 4.69) is 25.1 Å². The van der Waals surface area contributed by atoms with Gasteiger partial charge in [-0.15, -0.1) is 6.42 Å². The van der Waals surface area contributed by atoms with E-state index in [0.717, 1.165) is 25.9 Å². The van der Waals surface area contributed by atoms with Crippen molar-refractivity contribution in [1.29, 1.82) is 0 Å². The summed E-state index contributed by atoms with van der Waals surface area (Å²) in [7, 11) is 0. The number of nitrogens with two attached hydrogens (primary N) is 1. The molecule has 86 valence electrons. The molecule has 0 aromatic rings. The van der Waals surface area contributed by atoms with Gasteiger partial charge in [0.25, 0.3) is 0 Å². The Morgan fingerprint density at radius 2 is 2.47 bits per heavy atom. The van der Waals surface area contributed by atoms with Gasteiger partial charge < -0.3 is 10.5 Å². The standard InChI is InChI=1S/C12H22N2O/c1-4-6-11(5-2)14-12(9-13)7-8-15-10(12)3/h2,10-11,14H,4,6-9,13H2,1,3H3. The summed E-state index contributed by atoms with van der Waals surface area (Å²) < 4.78 is 5.57. The van der Waals surface area contributed by atoms with E-state index >= 15 is 0 Å². The van der Waals surface area contributed by atoms with Crippen LogP contribution in [0.3, 0.4) is 0 Å². The highest BCUT2D eigenvalue weighted by molar-refractivity contribution is 5.07. The summed E-state index contributed by atoms with van der Waals surface area (Å²) in [6, 6.07) is 0.114. The van der Waals surface area contributed by atoms with Crippen molar-refractivity contribution in [3.63, 3.8) is 0 Å². The first-order chi connectivity index (χ1) is 7.18. The van der Waals surface area contributed by atoms with E-state index < -0.39 is 0 Å². The van der Waals surface area contributed by atoms with Crippen molar-refractivity contribution in [2.24, 2.45) is 5.73 Å². The van der Waals surface area contributed by atoms with Gasteiger partial charge in [-0.2, -0.15) is 0 Å². The Labute approximate surface area is 92.8 Å². The highest BCUT2D eigenvalue weighted by atomic mass is 16.5. The molecule has 0 aromatic heterocycles. The first-order valence-electron chi connectivity index (χ1n) is 5.74. The first-order valence-corrected chi connectivity index (χ1v) is 5.74. The molecule has 3 nitrogen and oxygen atoms in total. The molecule has 0 radical (unpaired) electrons. The highest BCUT2D eigenvalue weighted by Crippen LogP contribution is 2.25. The fraction of sp³-hybridized carbons (Fsp3) is 0.833. The zero-order valence-electron chi connectivity index (χ0n) is 9.75. The third kappa shape index (κ3) is 2.72. The molecule has 0 aliphatic carbocycles. The molecule has 1 aliphatic rings. The zero-order chi connectivity index (χ0) is 11.3. The van der Waals surface area contributed by atoms with Gasteiger partial charge in [0.05, 0.1) is 17.7 Å². The van der Waals surface area contributed by atoms with E-state index in [-0.39, 0.29) is 17.7 Å². The Balaban J connectivity index is 2.63. The quantitative estimate of drug-likeness (QED) is 0.662. The summed E-state index contributed by atoms with van der Waals surface area (Å²) in [5.41, 5.74) is 5.73. The molecule has 15 heavy (non-hydrogen) atoms. The van der Waals surface area contributed by atoms with Crippen LogP contribution in [0.2, 0.25) is 0 Å². The minimum absolute atomic E-state index is 0.114. The number of ether oxygens (including phenoxy) is 1. The van der Waals surface area contributed by atoms with Crippen LogP contribution in [0.25, 0.3) is 0 Å². The van der Waals surface area contributed by atoms with Gasteiger partial charge in [-0.05, 0) is 19.8 Å². The van der Waals surface area contributed by atoms with Crippen LogP contribution in [-0.2, 0) is 4.74 Å². The van der Waals surface area contributed by atoms with Gasteiger partial charge in [-0.1, -0.05) is 19.3 Å². The molecule has 0 bridgehead atoms. The van der Waals surface area contributed by atoms with E-state index in [9.17, 15) is 0 Å². The molecule has 1 heterocycles. The average molecular weight is 210 g/mol. The zero-order valence-corrected chi connectivity index (χ0v) is 9.75. The minimum Gasteiger partial charge on any atom is -0.376 e. The fourth-order valence-electron chi connectivity index (χ4n) is 2.13. The molecule has 3 atom stereocenters. The molecule has 3 unspecified atom stereocenters. The lowest BCUT2D eigenvalue weighted by molar-refractivity contribution is 0.0827. The molecule has 0 aromatic carbocycles. The van der Waals surface area contributed by atoms with Crippen molar-refractivity contribution in [2.45, 2.75) is 50.8 Å². The molecule has 1 fully saturated rings. The van der Waals surface area contributed by atoms with Crippen molar-refractivity contribution in [3.8, 4) is 12.3 Å². The second kappa shape index (κ2) is 5.50. The van der Waals surface area contributed by atoms with E-state index in [4.69, 9.17) is 16.9 Å². The van der Waals surface area contributed by atoms with Crippen molar-refractivity contribution in [2.75, 3.05) is 13.2 Å². The number of hydrogen-bond acceptors (Lipinski definition) is 3. The van der Waals surface area contributed by atoms with Crippen LogP contribution in [0.1, 0.15) is 33.1 Å². The Hall–Kier alpha value is -0.560. The van der Waals surface area contributed by atoms with Crippen LogP contribution in [0.15, 0.2) is 0 Å². The molecule has 1 aliphatic heterocycles. The third-order valence-corrected chi connectivity index (χ3v) is 3.30. The SMILES string of the molecule is C#CC(CCC)NC1(CN)CCOC1C. The molecule has 1 rings (SSSR count). The largest absolute Gasteiger partial charge is 0.376 e. The molecule has 0 amide bonds. The van der Waals surface area contributed by atoms with Crippen LogP contribution in [0.5, 0.6) is 0 Å². The lowest BCUT2D eigenvalue weighted by Crippen LogP contribution is -2.59. The average Bonchev–Trinajstić information content (AvgIpc) is 2.60. The third-order valence-electron chi connectivity index (χ3n) is 3.30. The summed E-state index contributed by atoms with van der Waals surface area (Å²) in [6.45, 7) is 5.55. The van der Waals surface area contributed by atoms with Gasteiger partial charge in [0.2, 0.25) is 0 Å².